The first-order chi connectivity index (χ1) is 11.3. The molecule has 0 aliphatic heterocycles. The number of hydrogen-bond acceptors (Lipinski definition) is 5. The number of anilines is 1. The monoisotopic (exact) mass is 358 g/mol. The summed E-state index contributed by atoms with van der Waals surface area (Å²) in [5.74, 6) is -1.46. The van der Waals surface area contributed by atoms with E-state index in [1.54, 1.807) is 24.3 Å². The van der Waals surface area contributed by atoms with Crippen LogP contribution >= 0.6 is 0 Å². The lowest BCUT2D eigenvalue weighted by atomic mass is 10.1. The van der Waals surface area contributed by atoms with E-state index in [1.165, 1.54) is 7.11 Å². The lowest BCUT2D eigenvalue weighted by molar-refractivity contribution is -0.137. The van der Waals surface area contributed by atoms with Crippen LogP contribution < -0.4 is 10.0 Å². The molecule has 0 aliphatic carbocycles. The normalized spacial score (nSPS) is 11.2. The Balaban J connectivity index is 2.40. The molecule has 0 bridgehead atoms. The molecule has 1 amide bonds. The molecule has 1 aromatic carbocycles. The molecule has 134 valence electrons. The highest BCUT2D eigenvalue weighted by atomic mass is 32.2. The Hall–Kier alpha value is -1.97. The molecule has 0 unspecified atom stereocenters. The zero-order chi connectivity index (χ0) is 18.0. The van der Waals surface area contributed by atoms with Gasteiger partial charge >= 0.3 is 5.97 Å². The molecule has 0 aliphatic rings. The molecule has 0 saturated heterocycles. The van der Waals surface area contributed by atoms with E-state index in [0.717, 1.165) is 5.56 Å². The second-order valence-corrected chi connectivity index (χ2v) is 7.05. The van der Waals surface area contributed by atoms with Crippen molar-refractivity contribution in [3.8, 4) is 0 Å². The van der Waals surface area contributed by atoms with Crippen molar-refractivity contribution in [3.05, 3.63) is 29.8 Å². The fourth-order valence-electron chi connectivity index (χ4n) is 1.85. The summed E-state index contributed by atoms with van der Waals surface area (Å²) >= 11 is 0. The van der Waals surface area contributed by atoms with Crippen LogP contribution in [0.1, 0.15) is 18.4 Å². The van der Waals surface area contributed by atoms with Crippen molar-refractivity contribution >= 4 is 27.6 Å². The molecule has 0 saturated carbocycles. The molecule has 0 aromatic heterocycles. The van der Waals surface area contributed by atoms with Gasteiger partial charge < -0.3 is 15.2 Å². The van der Waals surface area contributed by atoms with E-state index in [1.807, 2.05) is 0 Å². The minimum Gasteiger partial charge on any atom is -0.481 e. The van der Waals surface area contributed by atoms with Gasteiger partial charge in [-0.25, -0.2) is 13.1 Å². The highest BCUT2D eigenvalue weighted by molar-refractivity contribution is 7.89. The minimum atomic E-state index is -3.51. The van der Waals surface area contributed by atoms with Crippen molar-refractivity contribution in [2.75, 3.05) is 31.3 Å². The van der Waals surface area contributed by atoms with Gasteiger partial charge in [-0.2, -0.15) is 0 Å². The third-order valence-electron chi connectivity index (χ3n) is 3.08. The van der Waals surface area contributed by atoms with Crippen molar-refractivity contribution < 1.29 is 27.9 Å². The van der Waals surface area contributed by atoms with Gasteiger partial charge in [0, 0.05) is 25.8 Å². The number of aliphatic carboxylic acids is 1. The maximum Gasteiger partial charge on any atom is 0.303 e. The van der Waals surface area contributed by atoms with E-state index in [9.17, 15) is 18.0 Å². The van der Waals surface area contributed by atoms with Crippen LogP contribution in [0.25, 0.3) is 0 Å². The predicted molar refractivity (Wildman–Crippen MR) is 89.3 cm³/mol. The molecule has 8 nitrogen and oxygen atoms in total. The number of carbonyl (C=O) groups excluding carboxylic acids is 1. The Kier molecular flexibility index (Phi) is 8.37. The van der Waals surface area contributed by atoms with E-state index < -0.39 is 21.9 Å². The summed E-state index contributed by atoms with van der Waals surface area (Å²) in [7, 11) is -2.02. The van der Waals surface area contributed by atoms with E-state index >= 15 is 0 Å². The molecule has 0 atom stereocenters. The summed E-state index contributed by atoms with van der Waals surface area (Å²) in [5.41, 5.74) is 1.35. The van der Waals surface area contributed by atoms with Crippen LogP contribution in [0.15, 0.2) is 24.3 Å². The Bertz CT molecular complexity index is 642. The first-order valence-electron chi connectivity index (χ1n) is 7.39. The Morgan fingerprint density at radius 1 is 1.21 bits per heavy atom. The third kappa shape index (κ3) is 8.61. The van der Waals surface area contributed by atoms with E-state index in [-0.39, 0.29) is 18.7 Å². The standard InChI is InChI=1S/C15H22N2O6S/c1-23-9-2-10-24(21,22)16-11-14(18)17-13-6-3-12(4-7-13)5-8-15(19)20/h3-4,6-7,16H,2,5,8-11H2,1H3,(H,17,18)(H,19,20). The summed E-state index contributed by atoms with van der Waals surface area (Å²) in [6.45, 7) is -0.0165. The fraction of sp³-hybridized carbons (Fsp3) is 0.467. The van der Waals surface area contributed by atoms with Crippen LogP contribution in [0.3, 0.4) is 0 Å². The molecule has 0 heterocycles. The molecule has 24 heavy (non-hydrogen) atoms. The summed E-state index contributed by atoms with van der Waals surface area (Å²) in [4.78, 5) is 22.2. The molecular formula is C15H22N2O6S. The van der Waals surface area contributed by atoms with Crippen LogP contribution in [-0.2, 0) is 30.8 Å². The van der Waals surface area contributed by atoms with E-state index in [4.69, 9.17) is 9.84 Å². The number of nitrogens with one attached hydrogen (secondary N) is 2. The topological polar surface area (TPSA) is 122 Å². The lowest BCUT2D eigenvalue weighted by Crippen LogP contribution is -2.34. The molecule has 0 spiro atoms. The second kappa shape index (κ2) is 10.0. The second-order valence-electron chi connectivity index (χ2n) is 5.13. The zero-order valence-electron chi connectivity index (χ0n) is 13.4. The molecular weight excluding hydrogens is 336 g/mol. The molecule has 1 aromatic rings. The number of carboxylic acid groups (broad SMARTS) is 1. The smallest absolute Gasteiger partial charge is 0.303 e. The number of benzene rings is 1. The first-order valence-corrected chi connectivity index (χ1v) is 9.04. The highest BCUT2D eigenvalue weighted by Crippen LogP contribution is 2.11. The van der Waals surface area contributed by atoms with Crippen molar-refractivity contribution in [1.82, 2.24) is 4.72 Å². The number of ether oxygens (including phenoxy) is 1. The lowest BCUT2D eigenvalue weighted by Gasteiger charge is -2.08. The Labute approximate surface area is 141 Å². The number of amides is 1. The Morgan fingerprint density at radius 3 is 2.46 bits per heavy atom. The van der Waals surface area contributed by atoms with Gasteiger partial charge in [0.2, 0.25) is 15.9 Å². The van der Waals surface area contributed by atoms with Gasteiger partial charge in [0.15, 0.2) is 0 Å². The van der Waals surface area contributed by atoms with Crippen molar-refractivity contribution in [2.45, 2.75) is 19.3 Å². The maximum atomic E-state index is 11.7. The number of aryl methyl sites for hydroxylation is 1. The van der Waals surface area contributed by atoms with Crippen LogP contribution in [0.2, 0.25) is 0 Å². The number of rotatable bonds is 11. The van der Waals surface area contributed by atoms with Crippen LogP contribution in [-0.4, -0.2) is 51.4 Å². The molecule has 0 radical (unpaired) electrons. The first kappa shape index (κ1) is 20.1. The summed E-state index contributed by atoms with van der Waals surface area (Å²) < 4.78 is 30.3. The highest BCUT2D eigenvalue weighted by Gasteiger charge is 2.12. The minimum absolute atomic E-state index is 0.0383. The zero-order valence-corrected chi connectivity index (χ0v) is 14.3. The number of carboxylic acids is 1. The summed E-state index contributed by atoms with van der Waals surface area (Å²) in [6.07, 6.45) is 0.798. The molecule has 1 rings (SSSR count). The fourth-order valence-corrected chi connectivity index (χ4v) is 2.85. The van der Waals surface area contributed by atoms with E-state index in [2.05, 4.69) is 10.0 Å². The van der Waals surface area contributed by atoms with Crippen LogP contribution in [0.4, 0.5) is 5.69 Å². The van der Waals surface area contributed by atoms with Crippen molar-refractivity contribution in [2.24, 2.45) is 0 Å². The van der Waals surface area contributed by atoms with Crippen molar-refractivity contribution in [3.63, 3.8) is 0 Å². The molecule has 9 heteroatoms. The Morgan fingerprint density at radius 2 is 1.88 bits per heavy atom. The van der Waals surface area contributed by atoms with Gasteiger partial charge in [-0.1, -0.05) is 12.1 Å². The number of sulfonamides is 1. The largest absolute Gasteiger partial charge is 0.481 e. The summed E-state index contributed by atoms with van der Waals surface area (Å²) in [5, 5.41) is 11.2. The maximum absolute atomic E-state index is 11.7. The average Bonchev–Trinajstić information content (AvgIpc) is 2.52. The van der Waals surface area contributed by atoms with Gasteiger partial charge in [0.05, 0.1) is 12.3 Å². The average molecular weight is 358 g/mol. The predicted octanol–water partition coefficient (Wildman–Crippen LogP) is 0.598. The van der Waals surface area contributed by atoms with Gasteiger partial charge in [-0.05, 0) is 30.5 Å². The van der Waals surface area contributed by atoms with Crippen LogP contribution in [0.5, 0.6) is 0 Å². The van der Waals surface area contributed by atoms with Gasteiger partial charge in [-0.15, -0.1) is 0 Å². The quantitative estimate of drug-likeness (QED) is 0.498. The van der Waals surface area contributed by atoms with E-state index in [0.29, 0.717) is 25.1 Å². The van der Waals surface area contributed by atoms with Gasteiger partial charge in [0.1, 0.15) is 0 Å². The molecule has 0 fully saturated rings. The van der Waals surface area contributed by atoms with Gasteiger partial charge in [-0.3, -0.25) is 9.59 Å². The summed E-state index contributed by atoms with van der Waals surface area (Å²) in [6, 6.07) is 6.71. The van der Waals surface area contributed by atoms with Gasteiger partial charge in [0.25, 0.3) is 0 Å². The number of methoxy groups -OCH3 is 1. The number of hydrogen-bond donors (Lipinski definition) is 3. The number of carbonyl (C=O) groups is 2. The van der Waals surface area contributed by atoms with Crippen LogP contribution in [0, 0.1) is 0 Å². The molecule has 3 N–H and O–H groups in total. The third-order valence-corrected chi connectivity index (χ3v) is 4.49. The SMILES string of the molecule is COCCCS(=O)(=O)NCC(=O)Nc1ccc(CCC(=O)O)cc1. The van der Waals surface area contributed by atoms with Crippen molar-refractivity contribution in [1.29, 1.82) is 0 Å².